The van der Waals surface area contributed by atoms with Gasteiger partial charge >= 0.3 is 0 Å². The van der Waals surface area contributed by atoms with Gasteiger partial charge in [-0.2, -0.15) is 5.10 Å². The zero-order chi connectivity index (χ0) is 13.8. The molecular formula is C13H24N4O. The van der Waals surface area contributed by atoms with E-state index >= 15 is 0 Å². The SMILES string of the molecule is CN(Cc1cn[nH]c1)C(=O)C(CN)CC(C)(C)C. The predicted molar refractivity (Wildman–Crippen MR) is 71.7 cm³/mol. The van der Waals surface area contributed by atoms with Gasteiger partial charge in [0.2, 0.25) is 5.91 Å². The molecule has 0 radical (unpaired) electrons. The van der Waals surface area contributed by atoms with Crippen molar-refractivity contribution in [3.8, 4) is 0 Å². The van der Waals surface area contributed by atoms with Gasteiger partial charge in [-0.15, -0.1) is 0 Å². The minimum atomic E-state index is -0.109. The normalized spacial score (nSPS) is 13.4. The number of carbonyl (C=O) groups excluding carboxylic acids is 1. The lowest BCUT2D eigenvalue weighted by Gasteiger charge is -2.27. The first-order valence-corrected chi connectivity index (χ1v) is 6.26. The van der Waals surface area contributed by atoms with Gasteiger partial charge in [0.15, 0.2) is 0 Å². The summed E-state index contributed by atoms with van der Waals surface area (Å²) in [4.78, 5) is 14.0. The molecule has 0 aliphatic rings. The second kappa shape index (κ2) is 6.00. The van der Waals surface area contributed by atoms with Crippen LogP contribution in [0.4, 0.5) is 0 Å². The van der Waals surface area contributed by atoms with Crippen LogP contribution in [0.25, 0.3) is 0 Å². The minimum Gasteiger partial charge on any atom is -0.341 e. The van der Waals surface area contributed by atoms with Crippen LogP contribution in [0.3, 0.4) is 0 Å². The van der Waals surface area contributed by atoms with Gasteiger partial charge < -0.3 is 10.6 Å². The first-order chi connectivity index (χ1) is 8.33. The predicted octanol–water partition coefficient (Wildman–Crippen LogP) is 1.38. The van der Waals surface area contributed by atoms with Crippen molar-refractivity contribution in [1.82, 2.24) is 15.1 Å². The molecule has 1 aromatic rings. The fraction of sp³-hybridized carbons (Fsp3) is 0.692. The first kappa shape index (κ1) is 14.7. The minimum absolute atomic E-state index is 0.105. The van der Waals surface area contributed by atoms with Crippen molar-refractivity contribution in [1.29, 1.82) is 0 Å². The van der Waals surface area contributed by atoms with Crippen molar-refractivity contribution in [2.45, 2.75) is 33.7 Å². The zero-order valence-electron chi connectivity index (χ0n) is 11.7. The number of aromatic nitrogens is 2. The van der Waals surface area contributed by atoms with Crippen LogP contribution in [0, 0.1) is 11.3 Å². The van der Waals surface area contributed by atoms with Gasteiger partial charge in [-0.05, 0) is 11.8 Å². The van der Waals surface area contributed by atoms with Crippen LogP contribution in [0.5, 0.6) is 0 Å². The summed E-state index contributed by atoms with van der Waals surface area (Å²) in [6.45, 7) is 7.33. The van der Waals surface area contributed by atoms with Crippen LogP contribution in [0.15, 0.2) is 12.4 Å². The molecule has 1 amide bonds. The number of hydrogen-bond acceptors (Lipinski definition) is 3. The average Bonchev–Trinajstić information content (AvgIpc) is 2.76. The fourth-order valence-corrected chi connectivity index (χ4v) is 2.04. The number of H-pyrrole nitrogens is 1. The Morgan fingerprint density at radius 1 is 1.56 bits per heavy atom. The van der Waals surface area contributed by atoms with Crippen LogP contribution in [-0.2, 0) is 11.3 Å². The van der Waals surface area contributed by atoms with E-state index in [4.69, 9.17) is 5.73 Å². The van der Waals surface area contributed by atoms with Crippen LogP contribution in [-0.4, -0.2) is 34.6 Å². The van der Waals surface area contributed by atoms with Crippen molar-refractivity contribution in [3.63, 3.8) is 0 Å². The van der Waals surface area contributed by atoms with Crippen molar-refractivity contribution in [2.24, 2.45) is 17.1 Å². The van der Waals surface area contributed by atoms with Crippen LogP contribution in [0.1, 0.15) is 32.8 Å². The molecular weight excluding hydrogens is 228 g/mol. The standard InChI is InChI=1S/C13H24N4O/c1-13(2,3)5-11(6-14)12(18)17(4)9-10-7-15-16-8-10/h7-8,11H,5-6,9,14H2,1-4H3,(H,15,16). The maximum Gasteiger partial charge on any atom is 0.227 e. The fourth-order valence-electron chi connectivity index (χ4n) is 2.04. The van der Waals surface area contributed by atoms with Crippen LogP contribution in [0.2, 0.25) is 0 Å². The van der Waals surface area contributed by atoms with Crippen molar-refractivity contribution in [2.75, 3.05) is 13.6 Å². The van der Waals surface area contributed by atoms with Crippen molar-refractivity contribution >= 4 is 5.91 Å². The third kappa shape index (κ3) is 4.49. The number of nitrogens with zero attached hydrogens (tertiary/aromatic N) is 2. The van der Waals surface area contributed by atoms with Gasteiger partial charge in [0.1, 0.15) is 0 Å². The van der Waals surface area contributed by atoms with E-state index in [0.717, 1.165) is 12.0 Å². The molecule has 5 heteroatoms. The Bertz CT molecular complexity index is 367. The van der Waals surface area contributed by atoms with E-state index in [2.05, 4.69) is 31.0 Å². The smallest absolute Gasteiger partial charge is 0.227 e. The number of nitrogens with one attached hydrogen (secondary N) is 1. The quantitative estimate of drug-likeness (QED) is 0.831. The second-order valence-corrected chi connectivity index (χ2v) is 6.00. The Morgan fingerprint density at radius 3 is 2.67 bits per heavy atom. The topological polar surface area (TPSA) is 75.0 Å². The molecule has 1 aromatic heterocycles. The maximum absolute atomic E-state index is 12.3. The molecule has 3 N–H and O–H groups in total. The Kier molecular flexibility index (Phi) is 4.90. The monoisotopic (exact) mass is 252 g/mol. The molecule has 1 unspecified atom stereocenters. The molecule has 0 aromatic carbocycles. The van der Waals surface area contributed by atoms with E-state index in [1.807, 2.05) is 0 Å². The van der Waals surface area contributed by atoms with E-state index in [-0.39, 0.29) is 17.2 Å². The second-order valence-electron chi connectivity index (χ2n) is 6.00. The summed E-state index contributed by atoms with van der Waals surface area (Å²) in [6.07, 6.45) is 4.33. The Morgan fingerprint density at radius 2 is 2.22 bits per heavy atom. The Labute approximate surface area is 109 Å². The molecule has 1 atom stereocenters. The number of hydrogen-bond donors (Lipinski definition) is 2. The third-order valence-corrected chi connectivity index (χ3v) is 2.84. The first-order valence-electron chi connectivity index (χ1n) is 6.26. The summed E-state index contributed by atoms with van der Waals surface area (Å²) in [5.41, 5.74) is 6.83. The third-order valence-electron chi connectivity index (χ3n) is 2.84. The molecule has 1 rings (SSSR count). The van der Waals surface area contributed by atoms with E-state index in [1.165, 1.54) is 0 Å². The highest BCUT2D eigenvalue weighted by Crippen LogP contribution is 2.25. The summed E-state index contributed by atoms with van der Waals surface area (Å²) in [6, 6.07) is 0. The summed E-state index contributed by atoms with van der Waals surface area (Å²) in [5.74, 6) is -0.00414. The average molecular weight is 252 g/mol. The lowest BCUT2D eigenvalue weighted by atomic mass is 9.84. The highest BCUT2D eigenvalue weighted by atomic mass is 16.2. The summed E-state index contributed by atoms with van der Waals surface area (Å²) in [7, 11) is 1.81. The van der Waals surface area contributed by atoms with Gasteiger partial charge in [-0.1, -0.05) is 20.8 Å². The molecule has 5 nitrogen and oxygen atoms in total. The highest BCUT2D eigenvalue weighted by Gasteiger charge is 2.26. The van der Waals surface area contributed by atoms with E-state index in [9.17, 15) is 4.79 Å². The van der Waals surface area contributed by atoms with Crippen molar-refractivity contribution in [3.05, 3.63) is 18.0 Å². The molecule has 0 saturated carbocycles. The van der Waals surface area contributed by atoms with Gasteiger partial charge in [0.05, 0.1) is 12.1 Å². The van der Waals surface area contributed by atoms with Gasteiger partial charge in [-0.3, -0.25) is 9.89 Å². The molecule has 0 aliphatic heterocycles. The number of amides is 1. The molecule has 1 heterocycles. The maximum atomic E-state index is 12.3. The molecule has 0 aliphatic carbocycles. The Hall–Kier alpha value is -1.36. The van der Waals surface area contributed by atoms with Crippen LogP contribution < -0.4 is 5.73 Å². The number of nitrogens with two attached hydrogens (primary N) is 1. The lowest BCUT2D eigenvalue weighted by Crippen LogP contribution is -2.38. The Balaban J connectivity index is 2.60. The molecule has 102 valence electrons. The molecule has 0 saturated heterocycles. The summed E-state index contributed by atoms with van der Waals surface area (Å²) < 4.78 is 0. The van der Waals surface area contributed by atoms with Crippen LogP contribution >= 0.6 is 0 Å². The number of rotatable bonds is 5. The molecule has 0 bridgehead atoms. The van der Waals surface area contributed by atoms with Gasteiger partial charge in [0.25, 0.3) is 0 Å². The molecule has 18 heavy (non-hydrogen) atoms. The van der Waals surface area contributed by atoms with E-state index in [0.29, 0.717) is 13.1 Å². The summed E-state index contributed by atoms with van der Waals surface area (Å²) in [5, 5.41) is 6.61. The van der Waals surface area contributed by atoms with Gasteiger partial charge in [0, 0.05) is 31.9 Å². The highest BCUT2D eigenvalue weighted by molar-refractivity contribution is 5.78. The van der Waals surface area contributed by atoms with Crippen molar-refractivity contribution < 1.29 is 4.79 Å². The number of aromatic amines is 1. The lowest BCUT2D eigenvalue weighted by molar-refractivity contribution is -0.135. The van der Waals surface area contributed by atoms with Gasteiger partial charge in [-0.25, -0.2) is 0 Å². The zero-order valence-corrected chi connectivity index (χ0v) is 11.7. The largest absolute Gasteiger partial charge is 0.341 e. The van der Waals surface area contributed by atoms with E-state index in [1.54, 1.807) is 24.3 Å². The van der Waals surface area contributed by atoms with E-state index < -0.39 is 0 Å². The molecule has 0 fully saturated rings. The summed E-state index contributed by atoms with van der Waals surface area (Å²) >= 11 is 0. The molecule has 0 spiro atoms. The number of carbonyl (C=O) groups is 1.